The minimum absolute atomic E-state index is 0.373. The number of hydrogen-bond donors (Lipinski definition) is 1. The van der Waals surface area contributed by atoms with Crippen LogP contribution in [0.15, 0.2) is 12.3 Å². The van der Waals surface area contributed by atoms with Crippen LogP contribution in [-0.4, -0.2) is 14.9 Å². The van der Waals surface area contributed by atoms with Gasteiger partial charge < -0.3 is 5.11 Å². The third kappa shape index (κ3) is 0.878. The first-order valence-corrected chi connectivity index (χ1v) is 3.85. The zero-order valence-corrected chi connectivity index (χ0v) is 6.78. The number of rotatable bonds is 1. The van der Waals surface area contributed by atoms with Crippen LogP contribution in [-0.2, 0) is 12.6 Å². The fraction of sp³-hybridized carbons (Fsp3) is 0.625. The van der Waals surface area contributed by atoms with Crippen molar-refractivity contribution in [2.45, 2.75) is 18.9 Å². The van der Waals surface area contributed by atoms with Crippen LogP contribution < -0.4 is 0 Å². The highest BCUT2D eigenvalue weighted by atomic mass is 16.3. The maximum absolute atomic E-state index is 9.81. The monoisotopic (exact) mass is 152 g/mol. The van der Waals surface area contributed by atoms with Gasteiger partial charge in [-0.15, -0.1) is 0 Å². The van der Waals surface area contributed by atoms with Crippen LogP contribution in [0.4, 0.5) is 0 Å². The molecule has 1 aromatic rings. The molecule has 2 rings (SSSR count). The summed E-state index contributed by atoms with van der Waals surface area (Å²) in [6, 6.07) is 1.88. The molecule has 0 radical (unpaired) electrons. The summed E-state index contributed by atoms with van der Waals surface area (Å²) in [7, 11) is 1.86. The Morgan fingerprint density at radius 1 is 1.82 bits per heavy atom. The zero-order valence-electron chi connectivity index (χ0n) is 6.78. The molecular weight excluding hydrogens is 140 g/mol. The molecule has 1 N–H and O–H groups in total. The van der Waals surface area contributed by atoms with Crippen molar-refractivity contribution in [3.63, 3.8) is 0 Å². The molecule has 1 saturated carbocycles. The van der Waals surface area contributed by atoms with E-state index in [2.05, 4.69) is 5.10 Å². The van der Waals surface area contributed by atoms with Gasteiger partial charge in [-0.3, -0.25) is 4.68 Å². The van der Waals surface area contributed by atoms with Crippen LogP contribution >= 0.6 is 0 Å². The van der Waals surface area contributed by atoms with E-state index in [-0.39, 0.29) is 0 Å². The summed E-state index contributed by atoms with van der Waals surface area (Å²) in [5.41, 5.74) is 0.203. The molecule has 1 fully saturated rings. The van der Waals surface area contributed by atoms with Gasteiger partial charge in [0.15, 0.2) is 0 Å². The van der Waals surface area contributed by atoms with Gasteiger partial charge in [0.2, 0.25) is 0 Å². The van der Waals surface area contributed by atoms with E-state index in [1.54, 1.807) is 4.68 Å². The first-order chi connectivity index (χ1) is 5.13. The van der Waals surface area contributed by atoms with Crippen molar-refractivity contribution < 1.29 is 5.11 Å². The molecule has 60 valence electrons. The predicted octanol–water partition coefficient (Wildman–Crippen LogP) is 0.647. The molecule has 1 aromatic heterocycles. The standard InChI is InChI=1S/C8H12N2O/c1-6-5-8(6,11)7-3-4-10(2)9-7/h3-4,6,11H,5H2,1-2H3. The lowest BCUT2D eigenvalue weighted by Crippen LogP contribution is -2.08. The molecule has 3 nitrogen and oxygen atoms in total. The summed E-state index contributed by atoms with van der Waals surface area (Å²) in [4.78, 5) is 0. The second-order valence-electron chi connectivity index (χ2n) is 3.40. The lowest BCUT2D eigenvalue weighted by Gasteiger charge is -2.02. The highest BCUT2D eigenvalue weighted by Crippen LogP contribution is 2.50. The van der Waals surface area contributed by atoms with Gasteiger partial charge in [-0.05, 0) is 18.4 Å². The van der Waals surface area contributed by atoms with E-state index in [0.717, 1.165) is 12.1 Å². The zero-order chi connectivity index (χ0) is 8.06. The van der Waals surface area contributed by atoms with E-state index in [1.165, 1.54) is 0 Å². The summed E-state index contributed by atoms with van der Waals surface area (Å²) < 4.78 is 1.72. The molecule has 1 heterocycles. The third-order valence-corrected chi connectivity index (χ3v) is 2.43. The average Bonchev–Trinajstić information content (AvgIpc) is 2.44. The fourth-order valence-corrected chi connectivity index (χ4v) is 1.41. The largest absolute Gasteiger partial charge is 0.383 e. The topological polar surface area (TPSA) is 38.0 Å². The van der Waals surface area contributed by atoms with Crippen molar-refractivity contribution in [3.8, 4) is 0 Å². The Kier molecular flexibility index (Phi) is 1.16. The number of aliphatic hydroxyl groups is 1. The minimum atomic E-state index is -0.610. The Labute approximate surface area is 65.7 Å². The van der Waals surface area contributed by atoms with Gasteiger partial charge in [0, 0.05) is 13.2 Å². The molecule has 1 aliphatic carbocycles. The lowest BCUT2D eigenvalue weighted by molar-refractivity contribution is 0.129. The molecule has 2 unspecified atom stereocenters. The maximum Gasteiger partial charge on any atom is 0.111 e. The molecule has 3 heteroatoms. The van der Waals surface area contributed by atoms with E-state index in [9.17, 15) is 5.11 Å². The molecule has 2 atom stereocenters. The van der Waals surface area contributed by atoms with Crippen LogP contribution in [0.2, 0.25) is 0 Å². The van der Waals surface area contributed by atoms with Gasteiger partial charge in [-0.2, -0.15) is 5.10 Å². The second kappa shape index (κ2) is 1.85. The molecular formula is C8H12N2O. The fourth-order valence-electron chi connectivity index (χ4n) is 1.41. The van der Waals surface area contributed by atoms with Gasteiger partial charge in [-0.1, -0.05) is 6.92 Å². The van der Waals surface area contributed by atoms with Crippen LogP contribution in [0.25, 0.3) is 0 Å². The smallest absolute Gasteiger partial charge is 0.111 e. The number of nitrogens with zero attached hydrogens (tertiary/aromatic N) is 2. The number of hydrogen-bond acceptors (Lipinski definition) is 2. The molecule has 0 bridgehead atoms. The van der Waals surface area contributed by atoms with Crippen molar-refractivity contribution in [2.75, 3.05) is 0 Å². The molecule has 0 amide bonds. The minimum Gasteiger partial charge on any atom is -0.383 e. The van der Waals surface area contributed by atoms with E-state index >= 15 is 0 Å². The molecule has 11 heavy (non-hydrogen) atoms. The van der Waals surface area contributed by atoms with Gasteiger partial charge in [0.05, 0.1) is 5.69 Å². The molecule has 0 spiro atoms. The van der Waals surface area contributed by atoms with Crippen LogP contribution in [0.1, 0.15) is 19.0 Å². The summed E-state index contributed by atoms with van der Waals surface area (Å²) in [6.07, 6.45) is 2.71. The van der Waals surface area contributed by atoms with E-state index in [4.69, 9.17) is 0 Å². The van der Waals surface area contributed by atoms with Gasteiger partial charge in [0.25, 0.3) is 0 Å². The van der Waals surface area contributed by atoms with E-state index in [1.807, 2.05) is 26.2 Å². The Morgan fingerprint density at radius 2 is 2.45 bits per heavy atom. The summed E-state index contributed by atoms with van der Waals surface area (Å²) in [5, 5.41) is 14.0. The average molecular weight is 152 g/mol. The van der Waals surface area contributed by atoms with Crippen molar-refractivity contribution >= 4 is 0 Å². The normalized spacial score (nSPS) is 35.7. The van der Waals surface area contributed by atoms with Crippen LogP contribution in [0, 0.1) is 5.92 Å². The summed E-state index contributed by atoms with van der Waals surface area (Å²) in [6.45, 7) is 2.04. The van der Waals surface area contributed by atoms with Crippen LogP contribution in [0.3, 0.4) is 0 Å². The quantitative estimate of drug-likeness (QED) is 0.641. The first kappa shape index (κ1) is 6.85. The Hall–Kier alpha value is -0.830. The molecule has 0 aromatic carbocycles. The maximum atomic E-state index is 9.81. The second-order valence-corrected chi connectivity index (χ2v) is 3.40. The summed E-state index contributed by atoms with van der Waals surface area (Å²) >= 11 is 0. The van der Waals surface area contributed by atoms with E-state index < -0.39 is 5.60 Å². The van der Waals surface area contributed by atoms with Crippen molar-refractivity contribution in [1.29, 1.82) is 0 Å². The Balaban J connectivity index is 2.31. The Morgan fingerprint density at radius 3 is 2.82 bits per heavy atom. The highest BCUT2D eigenvalue weighted by molar-refractivity contribution is 5.20. The molecule has 0 aliphatic heterocycles. The highest BCUT2D eigenvalue weighted by Gasteiger charge is 2.52. The SMILES string of the molecule is CC1CC1(O)c1ccn(C)n1. The molecule has 1 aliphatic rings. The molecule has 0 saturated heterocycles. The van der Waals surface area contributed by atoms with Crippen molar-refractivity contribution in [3.05, 3.63) is 18.0 Å². The number of aryl methyl sites for hydroxylation is 1. The van der Waals surface area contributed by atoms with Gasteiger partial charge in [-0.25, -0.2) is 0 Å². The third-order valence-electron chi connectivity index (χ3n) is 2.43. The van der Waals surface area contributed by atoms with Gasteiger partial charge in [0.1, 0.15) is 5.60 Å². The lowest BCUT2D eigenvalue weighted by atomic mass is 10.2. The van der Waals surface area contributed by atoms with Crippen LogP contribution in [0.5, 0.6) is 0 Å². The van der Waals surface area contributed by atoms with Crippen molar-refractivity contribution in [1.82, 2.24) is 9.78 Å². The Bertz CT molecular complexity index is 281. The predicted molar refractivity (Wildman–Crippen MR) is 40.9 cm³/mol. The first-order valence-electron chi connectivity index (χ1n) is 3.85. The van der Waals surface area contributed by atoms with E-state index in [0.29, 0.717) is 5.92 Å². The van der Waals surface area contributed by atoms with Gasteiger partial charge >= 0.3 is 0 Å². The van der Waals surface area contributed by atoms with Crippen molar-refractivity contribution in [2.24, 2.45) is 13.0 Å². The number of aromatic nitrogens is 2. The summed E-state index contributed by atoms with van der Waals surface area (Å²) in [5.74, 6) is 0.373.